The van der Waals surface area contributed by atoms with Crippen molar-refractivity contribution in [2.75, 3.05) is 13.1 Å². The van der Waals surface area contributed by atoms with Gasteiger partial charge in [0.05, 0.1) is 23.1 Å². The minimum atomic E-state index is -3.67. The third-order valence-electron chi connectivity index (χ3n) is 3.97. The van der Waals surface area contributed by atoms with Crippen molar-refractivity contribution in [1.29, 1.82) is 5.26 Å². The van der Waals surface area contributed by atoms with Crippen LogP contribution in [0, 0.1) is 11.3 Å². The van der Waals surface area contributed by atoms with E-state index in [1.54, 1.807) is 6.07 Å². The lowest BCUT2D eigenvalue weighted by Gasteiger charge is -2.42. The van der Waals surface area contributed by atoms with Gasteiger partial charge in [0.25, 0.3) is 0 Å². The van der Waals surface area contributed by atoms with Crippen LogP contribution in [-0.2, 0) is 14.8 Å². The fraction of sp³-hybridized carbons (Fsp3) is 0.467. The van der Waals surface area contributed by atoms with Crippen LogP contribution in [0.1, 0.15) is 25.3 Å². The van der Waals surface area contributed by atoms with E-state index in [0.29, 0.717) is 19.4 Å². The Balaban J connectivity index is 1.96. The predicted molar refractivity (Wildman–Crippen MR) is 83.2 cm³/mol. The molecule has 0 spiro atoms. The van der Waals surface area contributed by atoms with Crippen molar-refractivity contribution in [3.63, 3.8) is 0 Å². The lowest BCUT2D eigenvalue weighted by Crippen LogP contribution is -2.54. The number of hydrogen-bond donors (Lipinski definition) is 2. The Hall–Kier alpha value is -1.95. The van der Waals surface area contributed by atoms with Gasteiger partial charge in [-0.05, 0) is 37.6 Å². The molecule has 1 aliphatic carbocycles. The van der Waals surface area contributed by atoms with Crippen LogP contribution in [0.4, 0.5) is 0 Å². The zero-order valence-corrected chi connectivity index (χ0v) is 13.6. The fourth-order valence-electron chi connectivity index (χ4n) is 2.68. The highest BCUT2D eigenvalue weighted by Crippen LogP contribution is 2.27. The Bertz CT molecular complexity index is 720. The van der Waals surface area contributed by atoms with E-state index in [1.165, 1.54) is 18.2 Å². The molecule has 0 saturated heterocycles. The van der Waals surface area contributed by atoms with Gasteiger partial charge < -0.3 is 5.11 Å². The van der Waals surface area contributed by atoms with E-state index in [9.17, 15) is 13.2 Å². The monoisotopic (exact) mass is 337 g/mol. The van der Waals surface area contributed by atoms with Gasteiger partial charge in [0.1, 0.15) is 0 Å². The highest BCUT2D eigenvalue weighted by molar-refractivity contribution is 7.89. The number of sulfonamides is 1. The maximum absolute atomic E-state index is 12.3. The first kappa shape index (κ1) is 17.4. The summed E-state index contributed by atoms with van der Waals surface area (Å²) in [4.78, 5) is 12.7. The van der Waals surface area contributed by atoms with Crippen LogP contribution in [0.2, 0.25) is 0 Å². The van der Waals surface area contributed by atoms with Gasteiger partial charge >= 0.3 is 5.97 Å². The van der Waals surface area contributed by atoms with Crippen molar-refractivity contribution in [3.05, 3.63) is 29.8 Å². The average Bonchev–Trinajstić information content (AvgIpc) is 2.48. The van der Waals surface area contributed by atoms with E-state index >= 15 is 0 Å². The van der Waals surface area contributed by atoms with Crippen LogP contribution in [0.25, 0.3) is 0 Å². The van der Waals surface area contributed by atoms with Crippen LogP contribution >= 0.6 is 0 Å². The number of carbonyl (C=O) groups is 1. The highest BCUT2D eigenvalue weighted by Gasteiger charge is 2.36. The number of benzene rings is 1. The summed E-state index contributed by atoms with van der Waals surface area (Å²) in [5, 5.41) is 17.7. The second kappa shape index (κ2) is 7.08. The molecule has 2 rings (SSSR count). The van der Waals surface area contributed by atoms with E-state index in [-0.39, 0.29) is 29.1 Å². The Labute approximate surface area is 135 Å². The Morgan fingerprint density at radius 1 is 1.48 bits per heavy atom. The summed E-state index contributed by atoms with van der Waals surface area (Å²) < 4.78 is 27.2. The molecule has 1 fully saturated rings. The third-order valence-corrected chi connectivity index (χ3v) is 5.49. The minimum absolute atomic E-state index is 0.0369. The molecule has 7 nitrogen and oxygen atoms in total. The quantitative estimate of drug-likeness (QED) is 0.760. The number of nitriles is 1. The Kier molecular flexibility index (Phi) is 5.36. The molecule has 8 heteroatoms. The molecule has 2 N–H and O–H groups in total. The highest BCUT2D eigenvalue weighted by atomic mass is 32.2. The molecule has 1 aliphatic rings. The lowest BCUT2D eigenvalue weighted by atomic mass is 9.86. The first-order valence-corrected chi connectivity index (χ1v) is 8.82. The smallest absolute Gasteiger partial charge is 0.317 e. The van der Waals surface area contributed by atoms with Crippen molar-refractivity contribution in [1.82, 2.24) is 9.62 Å². The number of carboxylic acid groups (broad SMARTS) is 1. The van der Waals surface area contributed by atoms with E-state index in [4.69, 9.17) is 10.4 Å². The molecule has 0 atom stereocenters. The second-order valence-corrected chi connectivity index (χ2v) is 7.25. The fourth-order valence-corrected chi connectivity index (χ4v) is 3.98. The van der Waals surface area contributed by atoms with Gasteiger partial charge in [-0.1, -0.05) is 13.0 Å². The van der Waals surface area contributed by atoms with Gasteiger partial charge in [-0.15, -0.1) is 0 Å². The van der Waals surface area contributed by atoms with E-state index in [2.05, 4.69) is 4.72 Å². The van der Waals surface area contributed by atoms with Crippen molar-refractivity contribution >= 4 is 16.0 Å². The van der Waals surface area contributed by atoms with Gasteiger partial charge in [-0.2, -0.15) is 5.26 Å². The molecule has 0 aliphatic heterocycles. The number of carboxylic acids is 1. The molecular formula is C15H19N3O4S. The number of aliphatic carboxylic acids is 1. The summed E-state index contributed by atoms with van der Waals surface area (Å²) in [6.45, 7) is 2.46. The topological polar surface area (TPSA) is 110 Å². The molecule has 0 unspecified atom stereocenters. The summed E-state index contributed by atoms with van der Waals surface area (Å²) >= 11 is 0. The zero-order valence-electron chi connectivity index (χ0n) is 12.8. The summed E-state index contributed by atoms with van der Waals surface area (Å²) in [7, 11) is -3.67. The maximum atomic E-state index is 12.3. The number of hydrogen-bond acceptors (Lipinski definition) is 5. The number of likely N-dealkylation sites (N-methyl/N-ethyl adjacent to an activating group) is 1. The molecule has 0 aromatic heterocycles. The minimum Gasteiger partial charge on any atom is -0.480 e. The summed E-state index contributed by atoms with van der Waals surface area (Å²) in [6.07, 6.45) is 1.16. The number of nitrogens with one attached hydrogen (secondary N) is 1. The van der Waals surface area contributed by atoms with Crippen LogP contribution in [0.15, 0.2) is 29.2 Å². The van der Waals surface area contributed by atoms with Crippen LogP contribution in [-0.4, -0.2) is 49.6 Å². The Morgan fingerprint density at radius 3 is 2.74 bits per heavy atom. The molecule has 0 radical (unpaired) electrons. The molecule has 1 aromatic rings. The first-order valence-electron chi connectivity index (χ1n) is 7.34. The lowest BCUT2D eigenvalue weighted by molar-refractivity contribution is -0.139. The van der Waals surface area contributed by atoms with Gasteiger partial charge in [0, 0.05) is 12.1 Å². The van der Waals surface area contributed by atoms with Gasteiger partial charge in [-0.3, -0.25) is 9.69 Å². The van der Waals surface area contributed by atoms with Crippen molar-refractivity contribution in [2.24, 2.45) is 0 Å². The SMILES string of the molecule is CCN(CC(=O)O)C1CC(NS(=O)(=O)c2cccc(C#N)c2)C1. The average molecular weight is 337 g/mol. The van der Waals surface area contributed by atoms with Gasteiger partial charge in [-0.25, -0.2) is 13.1 Å². The summed E-state index contributed by atoms with van der Waals surface area (Å²) in [5.41, 5.74) is 0.290. The van der Waals surface area contributed by atoms with E-state index in [0.717, 1.165) is 0 Å². The molecule has 0 amide bonds. The summed E-state index contributed by atoms with van der Waals surface area (Å²) in [6, 6.07) is 7.64. The Morgan fingerprint density at radius 2 is 2.17 bits per heavy atom. The van der Waals surface area contributed by atoms with Crippen LogP contribution in [0.3, 0.4) is 0 Å². The maximum Gasteiger partial charge on any atom is 0.317 e. The normalized spacial score (nSPS) is 20.7. The molecule has 1 aromatic carbocycles. The molecular weight excluding hydrogens is 318 g/mol. The number of rotatable bonds is 7. The van der Waals surface area contributed by atoms with Crippen LogP contribution in [0.5, 0.6) is 0 Å². The largest absolute Gasteiger partial charge is 0.480 e. The second-order valence-electron chi connectivity index (χ2n) is 5.54. The summed E-state index contributed by atoms with van der Waals surface area (Å²) in [5.74, 6) is -0.885. The zero-order chi connectivity index (χ0) is 17.0. The molecule has 124 valence electrons. The standard InChI is InChI=1S/C15H19N3O4S/c1-2-18(10-15(19)20)13-7-12(8-13)17-23(21,22)14-5-3-4-11(6-14)9-16/h3-6,12-13,17H,2,7-8,10H2,1H3,(H,19,20). The van der Waals surface area contributed by atoms with Crippen molar-refractivity contribution in [3.8, 4) is 6.07 Å². The van der Waals surface area contributed by atoms with E-state index in [1.807, 2.05) is 17.9 Å². The predicted octanol–water partition coefficient (Wildman–Crippen LogP) is 0.774. The van der Waals surface area contributed by atoms with Gasteiger partial charge in [0.2, 0.25) is 10.0 Å². The molecule has 0 bridgehead atoms. The van der Waals surface area contributed by atoms with Crippen LogP contribution < -0.4 is 4.72 Å². The van der Waals surface area contributed by atoms with Crippen molar-refractivity contribution in [2.45, 2.75) is 36.7 Å². The van der Waals surface area contributed by atoms with Gasteiger partial charge in [0.15, 0.2) is 0 Å². The first-order chi connectivity index (χ1) is 10.9. The third kappa shape index (κ3) is 4.28. The molecule has 1 saturated carbocycles. The van der Waals surface area contributed by atoms with Crippen molar-refractivity contribution < 1.29 is 18.3 Å². The molecule has 23 heavy (non-hydrogen) atoms. The van der Waals surface area contributed by atoms with E-state index < -0.39 is 16.0 Å². The molecule has 0 heterocycles. The number of nitrogens with zero attached hydrogens (tertiary/aromatic N) is 2.